The molecule has 2 rings (SSSR count). The van der Waals surface area contributed by atoms with E-state index in [9.17, 15) is 9.59 Å². The molecule has 0 aromatic heterocycles. The molecule has 4 nitrogen and oxygen atoms in total. The zero-order chi connectivity index (χ0) is 10.5. The van der Waals surface area contributed by atoms with Crippen LogP contribution in [0.15, 0.2) is 0 Å². The van der Waals surface area contributed by atoms with E-state index in [2.05, 4.69) is 6.92 Å². The smallest absolute Gasteiger partial charge is 0.245 e. The lowest BCUT2D eigenvalue weighted by atomic mass is 10.0. The summed E-state index contributed by atoms with van der Waals surface area (Å²) < 4.78 is 0. The van der Waals surface area contributed by atoms with Crippen LogP contribution in [0.5, 0.6) is 0 Å². The topological polar surface area (TPSA) is 40.6 Å². The molecule has 14 heavy (non-hydrogen) atoms. The minimum atomic E-state index is -0.288. The van der Waals surface area contributed by atoms with Crippen molar-refractivity contribution < 1.29 is 9.59 Å². The molecule has 2 heterocycles. The van der Waals surface area contributed by atoms with Crippen LogP contribution in [0, 0.1) is 5.92 Å². The maximum atomic E-state index is 11.8. The molecule has 0 aromatic carbocycles. The molecule has 78 valence electrons. The summed E-state index contributed by atoms with van der Waals surface area (Å²) in [6.07, 6.45) is 0.821. The largest absolute Gasteiger partial charge is 0.332 e. The second-order valence-electron chi connectivity index (χ2n) is 4.47. The third kappa shape index (κ3) is 1.13. The van der Waals surface area contributed by atoms with Crippen molar-refractivity contribution >= 4 is 11.8 Å². The second kappa shape index (κ2) is 2.97. The molecule has 3 atom stereocenters. The Labute approximate surface area is 83.9 Å². The average Bonchev–Trinajstić information content (AvgIpc) is 2.54. The van der Waals surface area contributed by atoms with E-state index in [0.717, 1.165) is 13.0 Å². The van der Waals surface area contributed by atoms with Crippen LogP contribution in [0.4, 0.5) is 0 Å². The maximum absolute atomic E-state index is 11.8. The molecule has 2 aliphatic heterocycles. The highest BCUT2D eigenvalue weighted by Crippen LogP contribution is 2.29. The van der Waals surface area contributed by atoms with Gasteiger partial charge >= 0.3 is 0 Å². The first-order valence-electron chi connectivity index (χ1n) is 5.09. The molecule has 0 bridgehead atoms. The average molecular weight is 196 g/mol. The first kappa shape index (κ1) is 9.49. The molecule has 3 unspecified atom stereocenters. The molecule has 2 amide bonds. The van der Waals surface area contributed by atoms with Crippen molar-refractivity contribution in [3.05, 3.63) is 0 Å². The molecule has 0 saturated carbocycles. The fourth-order valence-corrected chi connectivity index (χ4v) is 2.36. The predicted octanol–water partition coefficient (Wildman–Crippen LogP) is 0.0839. The van der Waals surface area contributed by atoms with Gasteiger partial charge in [0, 0.05) is 13.6 Å². The van der Waals surface area contributed by atoms with E-state index in [4.69, 9.17) is 0 Å². The van der Waals surface area contributed by atoms with Crippen molar-refractivity contribution in [3.8, 4) is 0 Å². The van der Waals surface area contributed by atoms with Gasteiger partial charge in [-0.05, 0) is 19.3 Å². The van der Waals surface area contributed by atoms with E-state index in [-0.39, 0.29) is 23.9 Å². The van der Waals surface area contributed by atoms with Gasteiger partial charge in [0.1, 0.15) is 12.1 Å². The number of likely N-dealkylation sites (N-methyl/N-ethyl adjacent to an activating group) is 1. The number of carbonyl (C=O) groups is 2. The molecule has 0 aliphatic carbocycles. The standard InChI is InChI=1S/C10H16N2O2/c1-6-4-8-10(14)11(3)7(2)9(13)12(8)5-6/h6-8H,4-5H2,1-3H3. The van der Waals surface area contributed by atoms with Gasteiger partial charge in [-0.1, -0.05) is 6.92 Å². The Morgan fingerprint density at radius 1 is 1.21 bits per heavy atom. The van der Waals surface area contributed by atoms with E-state index >= 15 is 0 Å². The van der Waals surface area contributed by atoms with Crippen LogP contribution in [0.2, 0.25) is 0 Å². The molecule has 0 spiro atoms. The Morgan fingerprint density at radius 3 is 2.50 bits per heavy atom. The first-order chi connectivity index (χ1) is 6.52. The predicted molar refractivity (Wildman–Crippen MR) is 51.5 cm³/mol. The van der Waals surface area contributed by atoms with Crippen LogP contribution in [-0.2, 0) is 9.59 Å². The van der Waals surface area contributed by atoms with Gasteiger partial charge in [-0.15, -0.1) is 0 Å². The van der Waals surface area contributed by atoms with E-state index in [1.54, 1.807) is 23.8 Å². The molecule has 0 aromatic rings. The lowest BCUT2D eigenvalue weighted by Gasteiger charge is -2.38. The summed E-state index contributed by atoms with van der Waals surface area (Å²) in [5.74, 6) is 0.648. The summed E-state index contributed by atoms with van der Waals surface area (Å²) >= 11 is 0. The summed E-state index contributed by atoms with van der Waals surface area (Å²) in [5, 5.41) is 0. The highest BCUT2D eigenvalue weighted by atomic mass is 16.2. The molecule has 2 aliphatic rings. The summed E-state index contributed by atoms with van der Waals surface area (Å²) in [7, 11) is 1.71. The minimum Gasteiger partial charge on any atom is -0.332 e. The van der Waals surface area contributed by atoms with Gasteiger partial charge in [0.25, 0.3) is 0 Å². The van der Waals surface area contributed by atoms with Crippen molar-refractivity contribution in [3.63, 3.8) is 0 Å². The highest BCUT2D eigenvalue weighted by molar-refractivity contribution is 5.97. The Hall–Kier alpha value is -1.06. The lowest BCUT2D eigenvalue weighted by molar-refractivity contribution is -0.156. The summed E-state index contributed by atoms with van der Waals surface area (Å²) in [6, 6.07) is -0.470. The van der Waals surface area contributed by atoms with Crippen LogP contribution < -0.4 is 0 Å². The molecule has 2 saturated heterocycles. The molecule has 4 heteroatoms. The number of fused-ring (bicyclic) bond motifs is 1. The summed E-state index contributed by atoms with van der Waals surface area (Å²) in [5.41, 5.74) is 0. The third-order valence-electron chi connectivity index (χ3n) is 3.36. The normalized spacial score (nSPS) is 37.8. The molecule has 2 fully saturated rings. The lowest BCUT2D eigenvalue weighted by Crippen LogP contribution is -2.60. The number of amides is 2. The van der Waals surface area contributed by atoms with E-state index in [0.29, 0.717) is 5.92 Å². The SMILES string of the molecule is CC1CC2C(=O)N(C)C(C)C(=O)N2C1. The van der Waals surface area contributed by atoms with Crippen molar-refractivity contribution in [2.24, 2.45) is 5.92 Å². The molecular weight excluding hydrogens is 180 g/mol. The van der Waals surface area contributed by atoms with Crippen LogP contribution >= 0.6 is 0 Å². The summed E-state index contributed by atoms with van der Waals surface area (Å²) in [6.45, 7) is 4.62. The van der Waals surface area contributed by atoms with Gasteiger partial charge in [-0.25, -0.2) is 0 Å². The number of piperazine rings is 1. The van der Waals surface area contributed by atoms with Gasteiger partial charge < -0.3 is 9.80 Å². The van der Waals surface area contributed by atoms with Gasteiger partial charge in [-0.2, -0.15) is 0 Å². The van der Waals surface area contributed by atoms with E-state index in [1.165, 1.54) is 0 Å². The van der Waals surface area contributed by atoms with Crippen LogP contribution in [0.25, 0.3) is 0 Å². The fraction of sp³-hybridized carbons (Fsp3) is 0.800. The Kier molecular flexibility index (Phi) is 2.01. The van der Waals surface area contributed by atoms with Gasteiger partial charge in [0.15, 0.2) is 0 Å². The Balaban J connectivity index is 2.28. The zero-order valence-electron chi connectivity index (χ0n) is 8.86. The van der Waals surface area contributed by atoms with E-state index < -0.39 is 0 Å². The fourth-order valence-electron chi connectivity index (χ4n) is 2.36. The van der Waals surface area contributed by atoms with Gasteiger partial charge in [-0.3, -0.25) is 9.59 Å². The Bertz CT molecular complexity index is 262. The van der Waals surface area contributed by atoms with Gasteiger partial charge in [0.2, 0.25) is 11.8 Å². The quantitative estimate of drug-likeness (QED) is 0.550. The first-order valence-corrected chi connectivity index (χ1v) is 5.09. The number of rotatable bonds is 0. The third-order valence-corrected chi connectivity index (χ3v) is 3.36. The number of carbonyl (C=O) groups excluding carboxylic acids is 2. The van der Waals surface area contributed by atoms with Crippen molar-refractivity contribution in [1.29, 1.82) is 0 Å². The van der Waals surface area contributed by atoms with Crippen LogP contribution in [0.1, 0.15) is 20.3 Å². The number of hydrogen-bond acceptors (Lipinski definition) is 2. The monoisotopic (exact) mass is 196 g/mol. The molecule has 0 radical (unpaired) electrons. The highest BCUT2D eigenvalue weighted by Gasteiger charge is 2.46. The van der Waals surface area contributed by atoms with E-state index in [1.807, 2.05) is 0 Å². The Morgan fingerprint density at radius 2 is 1.86 bits per heavy atom. The number of nitrogens with zero attached hydrogens (tertiary/aromatic N) is 2. The molecular formula is C10H16N2O2. The van der Waals surface area contributed by atoms with Gasteiger partial charge in [0.05, 0.1) is 0 Å². The summed E-state index contributed by atoms with van der Waals surface area (Å²) in [4.78, 5) is 27.0. The number of hydrogen-bond donors (Lipinski definition) is 0. The van der Waals surface area contributed by atoms with Crippen LogP contribution in [0.3, 0.4) is 0 Å². The van der Waals surface area contributed by atoms with Crippen molar-refractivity contribution in [1.82, 2.24) is 9.80 Å². The van der Waals surface area contributed by atoms with Crippen molar-refractivity contribution in [2.45, 2.75) is 32.4 Å². The second-order valence-corrected chi connectivity index (χ2v) is 4.47. The zero-order valence-corrected chi connectivity index (χ0v) is 8.86. The van der Waals surface area contributed by atoms with Crippen molar-refractivity contribution in [2.75, 3.05) is 13.6 Å². The minimum absolute atomic E-state index is 0.0986. The molecule has 0 N–H and O–H groups in total. The van der Waals surface area contributed by atoms with Crippen LogP contribution in [-0.4, -0.2) is 47.3 Å². The maximum Gasteiger partial charge on any atom is 0.245 e.